The molecule has 0 radical (unpaired) electrons. The minimum atomic E-state index is -0.561. The molecule has 0 aliphatic rings. The van der Waals surface area contributed by atoms with E-state index in [-0.39, 0.29) is 23.5 Å². The molecule has 0 saturated carbocycles. The van der Waals surface area contributed by atoms with Crippen LogP contribution >= 0.6 is 0 Å². The second-order valence-electron chi connectivity index (χ2n) is 5.59. The molecule has 0 spiro atoms. The highest BCUT2D eigenvalue weighted by Crippen LogP contribution is 2.26. The zero-order valence-electron chi connectivity index (χ0n) is 11.3. The first-order valence-electron chi connectivity index (χ1n) is 5.98. The standard InChI is InChI=1S/C14H21F2NO/c1-14(2,3)13(18-4)12(17)8-9-10(15)6-5-7-11(9)16/h5-7,12-13H,8,17H2,1-4H3. The van der Waals surface area contributed by atoms with Gasteiger partial charge in [0.15, 0.2) is 0 Å². The molecular weight excluding hydrogens is 236 g/mol. The minimum Gasteiger partial charge on any atom is -0.379 e. The maximum absolute atomic E-state index is 13.5. The van der Waals surface area contributed by atoms with E-state index in [2.05, 4.69) is 0 Å². The Hall–Kier alpha value is -1.00. The quantitative estimate of drug-likeness (QED) is 0.900. The molecule has 18 heavy (non-hydrogen) atoms. The highest BCUT2D eigenvalue weighted by Gasteiger charge is 2.31. The van der Waals surface area contributed by atoms with Gasteiger partial charge in [0.25, 0.3) is 0 Å². The molecule has 2 unspecified atom stereocenters. The number of hydrogen-bond donors (Lipinski definition) is 1. The Balaban J connectivity index is 2.90. The van der Waals surface area contributed by atoms with Crippen molar-refractivity contribution in [2.75, 3.05) is 7.11 Å². The number of halogens is 2. The van der Waals surface area contributed by atoms with Crippen molar-refractivity contribution in [1.29, 1.82) is 0 Å². The van der Waals surface area contributed by atoms with Gasteiger partial charge in [-0.25, -0.2) is 8.78 Å². The van der Waals surface area contributed by atoms with Gasteiger partial charge in [-0.05, 0) is 24.0 Å². The number of methoxy groups -OCH3 is 1. The van der Waals surface area contributed by atoms with Gasteiger partial charge in [-0.2, -0.15) is 0 Å². The topological polar surface area (TPSA) is 35.2 Å². The summed E-state index contributed by atoms with van der Waals surface area (Å²) in [6, 6.07) is 3.37. The summed E-state index contributed by atoms with van der Waals surface area (Å²) < 4.78 is 32.4. The lowest BCUT2D eigenvalue weighted by atomic mass is 9.82. The third-order valence-electron chi connectivity index (χ3n) is 3.00. The van der Waals surface area contributed by atoms with Crippen molar-refractivity contribution in [3.63, 3.8) is 0 Å². The van der Waals surface area contributed by atoms with Crippen molar-refractivity contribution in [1.82, 2.24) is 0 Å². The predicted molar refractivity (Wildman–Crippen MR) is 68.3 cm³/mol. The molecule has 0 amide bonds. The summed E-state index contributed by atoms with van der Waals surface area (Å²) in [7, 11) is 1.56. The number of benzene rings is 1. The highest BCUT2D eigenvalue weighted by atomic mass is 19.1. The van der Waals surface area contributed by atoms with E-state index in [4.69, 9.17) is 10.5 Å². The van der Waals surface area contributed by atoms with E-state index in [0.29, 0.717) is 0 Å². The molecule has 1 aromatic rings. The first-order chi connectivity index (χ1) is 8.27. The summed E-state index contributed by atoms with van der Waals surface area (Å²) in [4.78, 5) is 0. The molecule has 2 atom stereocenters. The maximum atomic E-state index is 13.5. The van der Waals surface area contributed by atoms with Gasteiger partial charge in [-0.1, -0.05) is 26.8 Å². The van der Waals surface area contributed by atoms with Crippen LogP contribution in [0.2, 0.25) is 0 Å². The van der Waals surface area contributed by atoms with Gasteiger partial charge >= 0.3 is 0 Å². The molecule has 4 heteroatoms. The second kappa shape index (κ2) is 5.76. The summed E-state index contributed by atoms with van der Waals surface area (Å²) in [5.41, 5.74) is 5.87. The summed E-state index contributed by atoms with van der Waals surface area (Å²) in [5, 5.41) is 0. The fourth-order valence-electron chi connectivity index (χ4n) is 2.24. The number of hydrogen-bond acceptors (Lipinski definition) is 2. The van der Waals surface area contributed by atoms with Crippen molar-refractivity contribution >= 4 is 0 Å². The van der Waals surface area contributed by atoms with Crippen LogP contribution in [0.25, 0.3) is 0 Å². The van der Waals surface area contributed by atoms with Crippen LogP contribution in [0, 0.1) is 17.0 Å². The van der Waals surface area contributed by atoms with Crippen molar-refractivity contribution < 1.29 is 13.5 Å². The van der Waals surface area contributed by atoms with Crippen LogP contribution in [0.15, 0.2) is 18.2 Å². The maximum Gasteiger partial charge on any atom is 0.129 e. The Labute approximate surface area is 107 Å². The van der Waals surface area contributed by atoms with Crippen molar-refractivity contribution in [3.05, 3.63) is 35.4 Å². The van der Waals surface area contributed by atoms with E-state index in [9.17, 15) is 8.78 Å². The van der Waals surface area contributed by atoms with Gasteiger partial charge in [0, 0.05) is 18.7 Å². The fraction of sp³-hybridized carbons (Fsp3) is 0.571. The number of nitrogens with two attached hydrogens (primary N) is 1. The van der Waals surface area contributed by atoms with Gasteiger partial charge < -0.3 is 10.5 Å². The van der Waals surface area contributed by atoms with Crippen LogP contribution < -0.4 is 5.73 Å². The monoisotopic (exact) mass is 257 g/mol. The van der Waals surface area contributed by atoms with E-state index in [1.165, 1.54) is 18.2 Å². The molecule has 1 aromatic carbocycles. The molecule has 0 aliphatic heterocycles. The van der Waals surface area contributed by atoms with E-state index in [0.717, 1.165) is 0 Å². The van der Waals surface area contributed by atoms with Crippen LogP contribution in [0.4, 0.5) is 8.78 Å². The highest BCUT2D eigenvalue weighted by molar-refractivity contribution is 5.21. The fourth-order valence-corrected chi connectivity index (χ4v) is 2.24. The molecule has 0 aromatic heterocycles. The van der Waals surface area contributed by atoms with E-state index in [1.54, 1.807) is 7.11 Å². The Morgan fingerprint density at radius 1 is 1.22 bits per heavy atom. The SMILES string of the molecule is COC(C(N)Cc1c(F)cccc1F)C(C)(C)C. The lowest BCUT2D eigenvalue weighted by Gasteiger charge is -2.34. The molecule has 0 aliphatic carbocycles. The zero-order valence-corrected chi connectivity index (χ0v) is 11.3. The second-order valence-corrected chi connectivity index (χ2v) is 5.59. The zero-order chi connectivity index (χ0) is 13.9. The molecule has 2 nitrogen and oxygen atoms in total. The van der Waals surface area contributed by atoms with Crippen LogP contribution in [0.5, 0.6) is 0 Å². The van der Waals surface area contributed by atoms with E-state index in [1.807, 2.05) is 20.8 Å². The molecule has 0 fully saturated rings. The van der Waals surface area contributed by atoms with Gasteiger partial charge in [-0.3, -0.25) is 0 Å². The Morgan fingerprint density at radius 3 is 2.11 bits per heavy atom. The first-order valence-corrected chi connectivity index (χ1v) is 5.98. The Morgan fingerprint density at radius 2 is 1.72 bits per heavy atom. The Kier molecular flexibility index (Phi) is 4.82. The summed E-state index contributed by atoms with van der Waals surface area (Å²) in [5.74, 6) is -1.12. The normalized spacial score (nSPS) is 15.5. The van der Waals surface area contributed by atoms with Gasteiger partial charge in [0.1, 0.15) is 11.6 Å². The van der Waals surface area contributed by atoms with Gasteiger partial charge in [0.2, 0.25) is 0 Å². The summed E-state index contributed by atoms with van der Waals surface area (Å²) >= 11 is 0. The van der Waals surface area contributed by atoms with Crippen LogP contribution in [-0.2, 0) is 11.2 Å². The van der Waals surface area contributed by atoms with Gasteiger partial charge in [0.05, 0.1) is 6.10 Å². The lowest BCUT2D eigenvalue weighted by molar-refractivity contribution is -0.00197. The molecular formula is C14H21F2NO. The third kappa shape index (κ3) is 3.50. The predicted octanol–water partition coefficient (Wildman–Crippen LogP) is 2.90. The van der Waals surface area contributed by atoms with Crippen LogP contribution in [0.1, 0.15) is 26.3 Å². The first kappa shape index (κ1) is 15.1. The summed E-state index contributed by atoms with van der Waals surface area (Å²) in [6.07, 6.45) is -0.148. The molecule has 1 rings (SSSR count). The molecule has 2 N–H and O–H groups in total. The third-order valence-corrected chi connectivity index (χ3v) is 3.00. The smallest absolute Gasteiger partial charge is 0.129 e. The lowest BCUT2D eigenvalue weighted by Crippen LogP contribution is -2.46. The van der Waals surface area contributed by atoms with E-state index >= 15 is 0 Å². The van der Waals surface area contributed by atoms with Crippen molar-refractivity contribution in [2.45, 2.75) is 39.3 Å². The average Bonchev–Trinajstić information content (AvgIpc) is 2.22. The number of ether oxygens (including phenoxy) is 1. The summed E-state index contributed by atoms with van der Waals surface area (Å²) in [6.45, 7) is 5.95. The number of rotatable bonds is 4. The van der Waals surface area contributed by atoms with Crippen LogP contribution in [0.3, 0.4) is 0 Å². The molecule has 0 bridgehead atoms. The van der Waals surface area contributed by atoms with Gasteiger partial charge in [-0.15, -0.1) is 0 Å². The van der Waals surface area contributed by atoms with Crippen LogP contribution in [-0.4, -0.2) is 19.3 Å². The molecule has 102 valence electrons. The largest absolute Gasteiger partial charge is 0.379 e. The van der Waals surface area contributed by atoms with Crippen molar-refractivity contribution in [2.24, 2.45) is 11.1 Å². The molecule has 0 saturated heterocycles. The van der Waals surface area contributed by atoms with E-state index < -0.39 is 17.7 Å². The molecule has 0 heterocycles. The average molecular weight is 257 g/mol. The van der Waals surface area contributed by atoms with Crippen molar-refractivity contribution in [3.8, 4) is 0 Å². The minimum absolute atomic E-state index is 0.0244. The Bertz CT molecular complexity index is 381.